The van der Waals surface area contributed by atoms with Crippen LogP contribution in [0.1, 0.15) is 39.5 Å². The SMILES string of the molecule is CCCC1CCC(C2CN2)C1C. The molecule has 2 fully saturated rings. The van der Waals surface area contributed by atoms with Crippen LogP contribution >= 0.6 is 0 Å². The van der Waals surface area contributed by atoms with Gasteiger partial charge in [0.25, 0.3) is 0 Å². The summed E-state index contributed by atoms with van der Waals surface area (Å²) in [6, 6.07) is 0.904. The molecule has 2 aliphatic rings. The minimum atomic E-state index is 0.904. The first-order chi connectivity index (χ1) is 5.83. The second-order valence-electron chi connectivity index (χ2n) is 4.66. The van der Waals surface area contributed by atoms with Crippen molar-refractivity contribution in [3.05, 3.63) is 0 Å². The molecule has 0 spiro atoms. The van der Waals surface area contributed by atoms with Gasteiger partial charge >= 0.3 is 0 Å². The molecule has 1 aliphatic heterocycles. The van der Waals surface area contributed by atoms with E-state index in [4.69, 9.17) is 0 Å². The quantitative estimate of drug-likeness (QED) is 0.641. The van der Waals surface area contributed by atoms with Gasteiger partial charge in [0.05, 0.1) is 0 Å². The number of rotatable bonds is 3. The van der Waals surface area contributed by atoms with Crippen LogP contribution in [0.3, 0.4) is 0 Å². The zero-order valence-electron chi connectivity index (χ0n) is 8.34. The summed E-state index contributed by atoms with van der Waals surface area (Å²) >= 11 is 0. The van der Waals surface area contributed by atoms with E-state index in [1.807, 2.05) is 0 Å². The van der Waals surface area contributed by atoms with Crippen molar-refractivity contribution in [1.82, 2.24) is 5.32 Å². The Morgan fingerprint density at radius 2 is 2.08 bits per heavy atom. The molecule has 12 heavy (non-hydrogen) atoms. The first-order valence-electron chi connectivity index (χ1n) is 5.56. The Kier molecular flexibility index (Phi) is 2.40. The molecule has 0 aromatic rings. The van der Waals surface area contributed by atoms with Crippen molar-refractivity contribution >= 4 is 0 Å². The van der Waals surface area contributed by atoms with Gasteiger partial charge in [0.15, 0.2) is 0 Å². The second-order valence-corrected chi connectivity index (χ2v) is 4.66. The second kappa shape index (κ2) is 3.37. The summed E-state index contributed by atoms with van der Waals surface area (Å²) in [5, 5.41) is 3.47. The lowest BCUT2D eigenvalue weighted by Gasteiger charge is -2.19. The average molecular weight is 167 g/mol. The Morgan fingerprint density at radius 3 is 2.67 bits per heavy atom. The predicted molar refractivity (Wildman–Crippen MR) is 52.1 cm³/mol. The number of hydrogen-bond donors (Lipinski definition) is 1. The van der Waals surface area contributed by atoms with Crippen molar-refractivity contribution < 1.29 is 0 Å². The minimum Gasteiger partial charge on any atom is -0.311 e. The fourth-order valence-corrected chi connectivity index (χ4v) is 3.00. The molecule has 1 N–H and O–H groups in total. The van der Waals surface area contributed by atoms with Gasteiger partial charge in [-0.1, -0.05) is 26.7 Å². The third kappa shape index (κ3) is 1.52. The van der Waals surface area contributed by atoms with Crippen molar-refractivity contribution in [2.45, 2.75) is 45.6 Å². The maximum absolute atomic E-state index is 3.47. The molecule has 1 heterocycles. The lowest BCUT2D eigenvalue weighted by molar-refractivity contribution is 0.318. The normalized spacial score (nSPS) is 46.5. The maximum Gasteiger partial charge on any atom is 0.0224 e. The van der Waals surface area contributed by atoms with Crippen LogP contribution in [0.2, 0.25) is 0 Å². The van der Waals surface area contributed by atoms with Gasteiger partial charge in [-0.15, -0.1) is 0 Å². The molecule has 4 atom stereocenters. The lowest BCUT2D eigenvalue weighted by atomic mass is 9.87. The first-order valence-corrected chi connectivity index (χ1v) is 5.56. The van der Waals surface area contributed by atoms with Gasteiger partial charge < -0.3 is 5.32 Å². The molecular weight excluding hydrogens is 146 g/mol. The van der Waals surface area contributed by atoms with Gasteiger partial charge in [-0.2, -0.15) is 0 Å². The minimum absolute atomic E-state index is 0.904. The van der Waals surface area contributed by atoms with Crippen LogP contribution in [-0.2, 0) is 0 Å². The van der Waals surface area contributed by atoms with E-state index in [1.54, 1.807) is 0 Å². The van der Waals surface area contributed by atoms with Gasteiger partial charge in [0.2, 0.25) is 0 Å². The molecule has 1 nitrogen and oxygen atoms in total. The van der Waals surface area contributed by atoms with Crippen molar-refractivity contribution in [1.29, 1.82) is 0 Å². The smallest absolute Gasteiger partial charge is 0.0224 e. The predicted octanol–water partition coefficient (Wildman–Crippen LogP) is 2.42. The van der Waals surface area contributed by atoms with E-state index < -0.39 is 0 Å². The van der Waals surface area contributed by atoms with Crippen molar-refractivity contribution in [2.75, 3.05) is 6.54 Å². The molecule has 0 aromatic heterocycles. The van der Waals surface area contributed by atoms with Gasteiger partial charge in [-0.3, -0.25) is 0 Å². The highest BCUT2D eigenvalue weighted by atomic mass is 15.1. The van der Waals surface area contributed by atoms with Crippen molar-refractivity contribution in [3.8, 4) is 0 Å². The third-order valence-corrected chi connectivity index (χ3v) is 3.91. The maximum atomic E-state index is 3.47. The molecule has 0 radical (unpaired) electrons. The Balaban J connectivity index is 1.87. The molecule has 0 aromatic carbocycles. The van der Waals surface area contributed by atoms with Gasteiger partial charge in [0, 0.05) is 12.6 Å². The largest absolute Gasteiger partial charge is 0.311 e. The summed E-state index contributed by atoms with van der Waals surface area (Å²) in [4.78, 5) is 0. The Bertz CT molecular complexity index is 151. The standard InChI is InChI=1S/C11H21N/c1-3-4-9-5-6-10(8(9)2)11-7-12-11/h8-12H,3-7H2,1-2H3. The van der Waals surface area contributed by atoms with E-state index in [-0.39, 0.29) is 0 Å². The van der Waals surface area contributed by atoms with Crippen LogP contribution in [0.4, 0.5) is 0 Å². The fourth-order valence-electron chi connectivity index (χ4n) is 3.00. The van der Waals surface area contributed by atoms with E-state index in [0.717, 1.165) is 23.8 Å². The van der Waals surface area contributed by atoms with E-state index in [0.29, 0.717) is 0 Å². The van der Waals surface area contributed by atoms with Crippen molar-refractivity contribution in [2.24, 2.45) is 17.8 Å². The summed E-state index contributed by atoms with van der Waals surface area (Å²) in [6.07, 6.45) is 5.82. The van der Waals surface area contributed by atoms with Crippen LogP contribution in [0.25, 0.3) is 0 Å². The molecule has 1 saturated heterocycles. The highest BCUT2D eigenvalue weighted by molar-refractivity contribution is 4.97. The summed E-state index contributed by atoms with van der Waals surface area (Å²) in [5.74, 6) is 3.05. The Labute approximate surface area is 75.9 Å². The molecule has 70 valence electrons. The van der Waals surface area contributed by atoms with Crippen LogP contribution in [0.15, 0.2) is 0 Å². The number of hydrogen-bond acceptors (Lipinski definition) is 1. The van der Waals surface area contributed by atoms with Gasteiger partial charge in [-0.25, -0.2) is 0 Å². The Hall–Kier alpha value is -0.0400. The molecule has 4 unspecified atom stereocenters. The van der Waals surface area contributed by atoms with E-state index >= 15 is 0 Å². The van der Waals surface area contributed by atoms with Crippen LogP contribution < -0.4 is 5.32 Å². The molecule has 2 rings (SSSR count). The molecule has 1 heteroatoms. The summed E-state index contributed by atoms with van der Waals surface area (Å²) in [7, 11) is 0. The van der Waals surface area contributed by atoms with Crippen LogP contribution in [0.5, 0.6) is 0 Å². The lowest BCUT2D eigenvalue weighted by Crippen LogP contribution is -2.17. The third-order valence-electron chi connectivity index (χ3n) is 3.91. The van der Waals surface area contributed by atoms with Gasteiger partial charge in [0.1, 0.15) is 0 Å². The highest BCUT2D eigenvalue weighted by Crippen LogP contribution is 2.42. The molecule has 1 aliphatic carbocycles. The zero-order valence-corrected chi connectivity index (χ0v) is 8.34. The van der Waals surface area contributed by atoms with Crippen LogP contribution in [0, 0.1) is 17.8 Å². The summed E-state index contributed by atoms with van der Waals surface area (Å²) in [6.45, 7) is 6.08. The van der Waals surface area contributed by atoms with E-state index in [9.17, 15) is 0 Å². The Morgan fingerprint density at radius 1 is 1.33 bits per heavy atom. The average Bonchev–Trinajstić information content (AvgIpc) is 2.82. The molecule has 0 bridgehead atoms. The topological polar surface area (TPSA) is 21.9 Å². The molecule has 0 amide bonds. The zero-order chi connectivity index (χ0) is 8.55. The fraction of sp³-hybridized carbons (Fsp3) is 1.00. The van der Waals surface area contributed by atoms with Gasteiger partial charge in [-0.05, 0) is 30.6 Å². The molecule has 1 saturated carbocycles. The van der Waals surface area contributed by atoms with E-state index in [1.165, 1.54) is 32.2 Å². The monoisotopic (exact) mass is 167 g/mol. The molecular formula is C11H21N. The highest BCUT2D eigenvalue weighted by Gasteiger charge is 2.40. The van der Waals surface area contributed by atoms with Crippen molar-refractivity contribution in [3.63, 3.8) is 0 Å². The summed E-state index contributed by atoms with van der Waals surface area (Å²) < 4.78 is 0. The number of nitrogens with one attached hydrogen (secondary N) is 1. The van der Waals surface area contributed by atoms with Crippen LogP contribution in [-0.4, -0.2) is 12.6 Å². The summed E-state index contributed by atoms with van der Waals surface area (Å²) in [5.41, 5.74) is 0. The van der Waals surface area contributed by atoms with E-state index in [2.05, 4.69) is 19.2 Å². The first kappa shape index (κ1) is 8.55.